The fourth-order valence-corrected chi connectivity index (χ4v) is 4.76. The van der Waals surface area contributed by atoms with Crippen LogP contribution in [0.2, 0.25) is 0 Å². The van der Waals surface area contributed by atoms with Crippen LogP contribution in [0.5, 0.6) is 5.75 Å². The zero-order valence-electron chi connectivity index (χ0n) is 19.8. The fraction of sp³-hybridized carbons (Fsp3) is 0.308. The summed E-state index contributed by atoms with van der Waals surface area (Å²) in [6.45, 7) is 4.93. The van der Waals surface area contributed by atoms with E-state index in [9.17, 15) is 4.79 Å². The minimum atomic E-state index is -0.375. The summed E-state index contributed by atoms with van der Waals surface area (Å²) in [7, 11) is 0. The van der Waals surface area contributed by atoms with Crippen molar-refractivity contribution >= 4 is 33.8 Å². The lowest BCUT2D eigenvalue weighted by molar-refractivity contribution is 0.0322. The number of hydrogen-bond donors (Lipinski definition) is 2. The quantitative estimate of drug-likeness (QED) is 0.477. The Labute approximate surface area is 213 Å². The molecule has 1 aliphatic carbocycles. The number of aromatic nitrogens is 1. The number of nitrogens with zero attached hydrogens (tertiary/aromatic N) is 2. The second kappa shape index (κ2) is 11.4. The number of rotatable bonds is 9. The van der Waals surface area contributed by atoms with Crippen LogP contribution >= 0.6 is 11.3 Å². The van der Waals surface area contributed by atoms with E-state index in [4.69, 9.17) is 24.7 Å². The highest BCUT2D eigenvalue weighted by Crippen LogP contribution is 2.33. The molecule has 0 radical (unpaired) electrons. The van der Waals surface area contributed by atoms with Gasteiger partial charge in [0.25, 0.3) is 0 Å². The smallest absolute Gasteiger partial charge is 0.245 e. The van der Waals surface area contributed by atoms with E-state index in [-0.39, 0.29) is 22.2 Å². The first-order chi connectivity index (χ1) is 17.7. The molecule has 2 aromatic rings. The van der Waals surface area contributed by atoms with Gasteiger partial charge in [0.05, 0.1) is 13.2 Å². The number of nitrogens with one attached hydrogen (secondary N) is 1. The zero-order chi connectivity index (χ0) is 24.7. The molecule has 0 unspecified atom stereocenters. The average molecular weight is 509 g/mol. The second-order valence-corrected chi connectivity index (χ2v) is 9.37. The van der Waals surface area contributed by atoms with Crippen molar-refractivity contribution in [2.24, 2.45) is 0 Å². The molecule has 1 aromatic heterocycles. The Morgan fingerprint density at radius 3 is 2.81 bits per heavy atom. The van der Waals surface area contributed by atoms with E-state index < -0.39 is 0 Å². The van der Waals surface area contributed by atoms with Crippen molar-refractivity contribution in [2.75, 3.05) is 50.5 Å². The standard InChI is InChI=1S/C26H28N4O5S/c27-25-24(23(31)22-17-33-16-21(35-22)18-4-2-1-3-5-18)36-26(29-25)28-19-6-8-20(9-7-19)34-15-12-30-10-13-32-14-11-30/h1-2,4,6-9,16-17H,3,5,10-15,27H2,(H,28,29). The molecule has 0 saturated carbocycles. The van der Waals surface area contributed by atoms with E-state index >= 15 is 0 Å². The third-order valence-electron chi connectivity index (χ3n) is 5.87. The first-order valence-electron chi connectivity index (χ1n) is 11.9. The summed E-state index contributed by atoms with van der Waals surface area (Å²) in [6, 6.07) is 7.58. The van der Waals surface area contributed by atoms with E-state index in [0.717, 1.165) is 74.0 Å². The van der Waals surface area contributed by atoms with Crippen LogP contribution in [0.3, 0.4) is 0 Å². The second-order valence-electron chi connectivity index (χ2n) is 8.38. The van der Waals surface area contributed by atoms with Gasteiger partial charge in [0.1, 0.15) is 35.6 Å². The molecule has 0 spiro atoms. The van der Waals surface area contributed by atoms with Gasteiger partial charge in [0, 0.05) is 25.3 Å². The summed E-state index contributed by atoms with van der Waals surface area (Å²) in [5, 5.41) is 3.70. The Morgan fingerprint density at radius 2 is 2.03 bits per heavy atom. The molecule has 0 atom stereocenters. The number of nitrogens with two attached hydrogens (primary N) is 1. The van der Waals surface area contributed by atoms with E-state index in [2.05, 4.69) is 21.3 Å². The van der Waals surface area contributed by atoms with Crippen molar-refractivity contribution in [1.82, 2.24) is 9.88 Å². The van der Waals surface area contributed by atoms with Gasteiger partial charge >= 0.3 is 0 Å². The van der Waals surface area contributed by atoms with E-state index in [1.54, 1.807) is 0 Å². The summed E-state index contributed by atoms with van der Waals surface area (Å²) >= 11 is 1.16. The van der Waals surface area contributed by atoms with Crippen LogP contribution in [0.4, 0.5) is 16.6 Å². The maximum absolute atomic E-state index is 13.1. The first-order valence-corrected chi connectivity index (χ1v) is 12.7. The molecular weight excluding hydrogens is 480 g/mol. The number of thiazole rings is 1. The third-order valence-corrected chi connectivity index (χ3v) is 6.85. The van der Waals surface area contributed by atoms with E-state index in [1.165, 1.54) is 12.5 Å². The highest BCUT2D eigenvalue weighted by molar-refractivity contribution is 7.18. The normalized spacial score (nSPS) is 17.8. The van der Waals surface area contributed by atoms with Gasteiger partial charge in [-0.3, -0.25) is 9.69 Å². The molecule has 188 valence electrons. The summed E-state index contributed by atoms with van der Waals surface area (Å²) in [4.78, 5) is 20.0. The van der Waals surface area contributed by atoms with Crippen LogP contribution < -0.4 is 15.8 Å². The largest absolute Gasteiger partial charge is 0.492 e. The molecule has 3 heterocycles. The number of ketones is 1. The molecular formula is C26H28N4O5S. The molecule has 10 heteroatoms. The van der Waals surface area contributed by atoms with Crippen molar-refractivity contribution in [2.45, 2.75) is 12.8 Å². The molecule has 9 nitrogen and oxygen atoms in total. The lowest BCUT2D eigenvalue weighted by Crippen LogP contribution is -2.38. The van der Waals surface area contributed by atoms with Crippen LogP contribution in [0, 0.1) is 0 Å². The molecule has 3 aliphatic rings. The van der Waals surface area contributed by atoms with Crippen LogP contribution in [0.15, 0.2) is 72.1 Å². The lowest BCUT2D eigenvalue weighted by atomic mass is 10.0. The number of hydrogen-bond acceptors (Lipinski definition) is 10. The Morgan fingerprint density at radius 1 is 1.19 bits per heavy atom. The molecule has 0 amide bonds. The number of allylic oxidation sites excluding steroid dienone is 5. The van der Waals surface area contributed by atoms with Gasteiger partial charge in [-0.1, -0.05) is 29.6 Å². The fourth-order valence-electron chi connectivity index (χ4n) is 3.91. The predicted molar refractivity (Wildman–Crippen MR) is 138 cm³/mol. The van der Waals surface area contributed by atoms with Crippen molar-refractivity contribution in [3.05, 3.63) is 77.0 Å². The molecule has 0 bridgehead atoms. The number of morpholine rings is 1. The van der Waals surface area contributed by atoms with Crippen LogP contribution in [0.1, 0.15) is 22.5 Å². The van der Waals surface area contributed by atoms with Gasteiger partial charge in [-0.05, 0) is 42.7 Å². The Hall–Kier alpha value is -3.60. The molecule has 1 saturated heterocycles. The molecule has 1 fully saturated rings. The molecule has 1 aromatic carbocycles. The Kier molecular flexibility index (Phi) is 7.65. The topological polar surface area (TPSA) is 108 Å². The van der Waals surface area contributed by atoms with Crippen molar-refractivity contribution in [1.29, 1.82) is 0 Å². The average Bonchev–Trinajstić information content (AvgIpc) is 3.30. The van der Waals surface area contributed by atoms with Gasteiger partial charge < -0.3 is 30.0 Å². The van der Waals surface area contributed by atoms with Crippen LogP contribution in [0.25, 0.3) is 0 Å². The Balaban J connectivity index is 1.16. The van der Waals surface area contributed by atoms with Crippen molar-refractivity contribution in [3.63, 3.8) is 0 Å². The number of benzene rings is 1. The minimum Gasteiger partial charge on any atom is -0.492 e. The SMILES string of the molecule is Nc1nc(Nc2ccc(OCCN3CCOCC3)cc2)sc1C(=O)C1=COC=C(C2=CC=CCC2)O1. The number of ether oxygens (including phenoxy) is 4. The monoisotopic (exact) mass is 508 g/mol. The summed E-state index contributed by atoms with van der Waals surface area (Å²) in [5.41, 5.74) is 7.85. The van der Waals surface area contributed by atoms with Gasteiger partial charge in [-0.25, -0.2) is 4.98 Å². The number of Topliss-reactive ketones (excluding diaryl/α,β-unsaturated/α-hetero) is 1. The van der Waals surface area contributed by atoms with E-state index in [0.29, 0.717) is 17.5 Å². The van der Waals surface area contributed by atoms with Crippen molar-refractivity contribution < 1.29 is 23.7 Å². The summed E-state index contributed by atoms with van der Waals surface area (Å²) in [6.07, 6.45) is 10.5. The highest BCUT2D eigenvalue weighted by atomic mass is 32.1. The number of anilines is 3. The minimum absolute atomic E-state index is 0.0726. The number of nitrogen functional groups attached to an aromatic ring is 1. The van der Waals surface area contributed by atoms with Crippen molar-refractivity contribution in [3.8, 4) is 5.75 Å². The van der Waals surface area contributed by atoms with Gasteiger partial charge in [-0.2, -0.15) is 0 Å². The molecule has 3 N–H and O–H groups in total. The number of carbonyl (C=O) groups is 1. The van der Waals surface area contributed by atoms with Gasteiger partial charge in [-0.15, -0.1) is 0 Å². The zero-order valence-corrected chi connectivity index (χ0v) is 20.6. The maximum atomic E-state index is 13.1. The molecule has 2 aliphatic heterocycles. The summed E-state index contributed by atoms with van der Waals surface area (Å²) in [5.74, 6) is 1.15. The molecule has 5 rings (SSSR count). The summed E-state index contributed by atoms with van der Waals surface area (Å²) < 4.78 is 22.4. The predicted octanol–water partition coefficient (Wildman–Crippen LogP) is 4.37. The van der Waals surface area contributed by atoms with Gasteiger partial charge in [0.15, 0.2) is 10.9 Å². The highest BCUT2D eigenvalue weighted by Gasteiger charge is 2.26. The lowest BCUT2D eigenvalue weighted by Gasteiger charge is -2.26. The Bertz CT molecular complexity index is 1210. The number of carbonyl (C=O) groups excluding carboxylic acids is 1. The molecule has 36 heavy (non-hydrogen) atoms. The van der Waals surface area contributed by atoms with Crippen LogP contribution in [-0.4, -0.2) is 55.1 Å². The van der Waals surface area contributed by atoms with Crippen LogP contribution in [-0.2, 0) is 14.2 Å². The first kappa shape index (κ1) is 24.1. The maximum Gasteiger partial charge on any atom is 0.245 e. The third kappa shape index (κ3) is 5.96. The van der Waals surface area contributed by atoms with Gasteiger partial charge in [0.2, 0.25) is 11.5 Å². The van der Waals surface area contributed by atoms with E-state index in [1.807, 2.05) is 36.4 Å².